The molecular weight excluding hydrogens is 252 g/mol. The van der Waals surface area contributed by atoms with E-state index < -0.39 is 10.0 Å². The third-order valence-corrected chi connectivity index (χ3v) is 4.33. The monoisotopic (exact) mass is 272 g/mol. The van der Waals surface area contributed by atoms with Gasteiger partial charge in [0.2, 0.25) is 10.0 Å². The van der Waals surface area contributed by atoms with E-state index in [9.17, 15) is 8.42 Å². The molecule has 1 aromatic carbocycles. The van der Waals surface area contributed by atoms with Gasteiger partial charge in [-0.25, -0.2) is 13.1 Å². The number of sulfonamides is 1. The molecule has 0 bridgehead atoms. The van der Waals surface area contributed by atoms with Crippen LogP contribution in [0.15, 0.2) is 23.1 Å². The van der Waals surface area contributed by atoms with Gasteiger partial charge in [0.15, 0.2) is 0 Å². The van der Waals surface area contributed by atoms with Gasteiger partial charge < -0.3 is 10.5 Å². The summed E-state index contributed by atoms with van der Waals surface area (Å²) >= 11 is 0. The number of benzene rings is 1. The van der Waals surface area contributed by atoms with Crippen LogP contribution in [0.5, 0.6) is 5.75 Å². The van der Waals surface area contributed by atoms with Gasteiger partial charge in [-0.05, 0) is 31.0 Å². The molecule has 0 radical (unpaired) electrons. The van der Waals surface area contributed by atoms with Crippen molar-refractivity contribution in [3.63, 3.8) is 0 Å². The van der Waals surface area contributed by atoms with Crippen molar-refractivity contribution in [2.45, 2.75) is 37.8 Å². The maximum atomic E-state index is 12.2. The second-order valence-corrected chi connectivity index (χ2v) is 5.80. The molecule has 1 rings (SSSR count). The van der Waals surface area contributed by atoms with Gasteiger partial charge in [0.05, 0.1) is 7.11 Å². The lowest BCUT2D eigenvalue weighted by molar-refractivity contribution is 0.401. The molecule has 3 N–H and O–H groups in total. The third kappa shape index (κ3) is 3.44. The second-order valence-electron chi connectivity index (χ2n) is 4.12. The first-order valence-electron chi connectivity index (χ1n) is 5.84. The quantitative estimate of drug-likeness (QED) is 0.816. The molecule has 0 aliphatic carbocycles. The van der Waals surface area contributed by atoms with Gasteiger partial charge in [0, 0.05) is 12.6 Å². The van der Waals surface area contributed by atoms with Crippen LogP contribution in [-0.4, -0.2) is 21.6 Å². The molecule has 0 heterocycles. The molecule has 18 heavy (non-hydrogen) atoms. The standard InChI is InChI=1S/C12H20N2O3S/c1-4-9(2)14-18(15,16)12-7-10(8-13)5-6-11(12)17-3/h5-7,9,14H,4,8,13H2,1-3H3. The minimum atomic E-state index is -3.58. The Balaban J connectivity index is 3.20. The van der Waals surface area contributed by atoms with E-state index in [1.54, 1.807) is 18.2 Å². The summed E-state index contributed by atoms with van der Waals surface area (Å²) in [5.74, 6) is 0.322. The average molecular weight is 272 g/mol. The molecule has 0 saturated carbocycles. The molecule has 0 aliphatic heterocycles. The normalized spacial score (nSPS) is 13.3. The Morgan fingerprint density at radius 1 is 1.44 bits per heavy atom. The van der Waals surface area contributed by atoms with Crippen LogP contribution < -0.4 is 15.2 Å². The summed E-state index contributed by atoms with van der Waals surface area (Å²) in [6.07, 6.45) is 0.720. The highest BCUT2D eigenvalue weighted by atomic mass is 32.2. The Kier molecular flexibility index (Phi) is 5.13. The topological polar surface area (TPSA) is 81.4 Å². The molecule has 1 aromatic rings. The molecule has 0 fully saturated rings. The fraction of sp³-hybridized carbons (Fsp3) is 0.500. The van der Waals surface area contributed by atoms with E-state index >= 15 is 0 Å². The Hall–Kier alpha value is -1.11. The van der Waals surface area contributed by atoms with Gasteiger partial charge in [-0.1, -0.05) is 13.0 Å². The summed E-state index contributed by atoms with van der Waals surface area (Å²) in [5, 5.41) is 0. The smallest absolute Gasteiger partial charge is 0.244 e. The van der Waals surface area contributed by atoms with Crippen molar-refractivity contribution in [3.05, 3.63) is 23.8 Å². The first kappa shape index (κ1) is 14.9. The molecule has 0 aromatic heterocycles. The highest BCUT2D eigenvalue weighted by Crippen LogP contribution is 2.25. The Morgan fingerprint density at radius 2 is 2.11 bits per heavy atom. The fourth-order valence-electron chi connectivity index (χ4n) is 1.47. The van der Waals surface area contributed by atoms with Crippen LogP contribution in [0.4, 0.5) is 0 Å². The van der Waals surface area contributed by atoms with Crippen molar-refractivity contribution in [1.82, 2.24) is 4.72 Å². The third-order valence-electron chi connectivity index (χ3n) is 2.72. The van der Waals surface area contributed by atoms with E-state index in [1.807, 2.05) is 13.8 Å². The number of ether oxygens (including phenoxy) is 1. The van der Waals surface area contributed by atoms with Crippen molar-refractivity contribution in [2.75, 3.05) is 7.11 Å². The highest BCUT2D eigenvalue weighted by molar-refractivity contribution is 7.89. The van der Waals surface area contributed by atoms with Crippen LogP contribution >= 0.6 is 0 Å². The number of hydrogen-bond donors (Lipinski definition) is 2. The van der Waals surface area contributed by atoms with Gasteiger partial charge in [-0.3, -0.25) is 0 Å². The predicted molar refractivity (Wildman–Crippen MR) is 71.0 cm³/mol. The molecule has 5 nitrogen and oxygen atoms in total. The number of rotatable bonds is 6. The second kappa shape index (κ2) is 6.17. The first-order chi connectivity index (χ1) is 8.44. The molecule has 102 valence electrons. The summed E-state index contributed by atoms with van der Waals surface area (Å²) in [5.41, 5.74) is 6.28. The van der Waals surface area contributed by atoms with E-state index in [1.165, 1.54) is 7.11 Å². The summed E-state index contributed by atoms with van der Waals surface area (Å²) in [6.45, 7) is 4.02. The van der Waals surface area contributed by atoms with Crippen LogP contribution in [0.25, 0.3) is 0 Å². The minimum Gasteiger partial charge on any atom is -0.495 e. The highest BCUT2D eigenvalue weighted by Gasteiger charge is 2.21. The van der Waals surface area contributed by atoms with Crippen LogP contribution in [0.1, 0.15) is 25.8 Å². The molecule has 1 unspecified atom stereocenters. The van der Waals surface area contributed by atoms with Crippen molar-refractivity contribution in [3.8, 4) is 5.75 Å². The van der Waals surface area contributed by atoms with Crippen molar-refractivity contribution in [2.24, 2.45) is 5.73 Å². The Labute approximate surface area is 108 Å². The number of nitrogens with one attached hydrogen (secondary N) is 1. The maximum absolute atomic E-state index is 12.2. The molecule has 0 saturated heterocycles. The zero-order valence-electron chi connectivity index (χ0n) is 10.9. The van der Waals surface area contributed by atoms with E-state index in [0.29, 0.717) is 5.75 Å². The molecule has 6 heteroatoms. The van der Waals surface area contributed by atoms with Gasteiger partial charge in [-0.2, -0.15) is 0 Å². The van der Waals surface area contributed by atoms with E-state index in [-0.39, 0.29) is 17.5 Å². The number of hydrogen-bond acceptors (Lipinski definition) is 4. The number of methoxy groups -OCH3 is 1. The number of nitrogens with two attached hydrogens (primary N) is 1. The van der Waals surface area contributed by atoms with Crippen molar-refractivity contribution in [1.29, 1.82) is 0 Å². The summed E-state index contributed by atoms with van der Waals surface area (Å²) in [4.78, 5) is 0.133. The molecule has 0 spiro atoms. The van der Waals surface area contributed by atoms with Crippen LogP contribution in [0, 0.1) is 0 Å². The fourth-order valence-corrected chi connectivity index (χ4v) is 3.02. The van der Waals surface area contributed by atoms with Crippen LogP contribution in [0.3, 0.4) is 0 Å². The molecule has 0 aliphatic rings. The first-order valence-corrected chi connectivity index (χ1v) is 7.32. The van der Waals surface area contributed by atoms with Gasteiger partial charge in [-0.15, -0.1) is 0 Å². The SMILES string of the molecule is CCC(C)NS(=O)(=O)c1cc(CN)ccc1OC. The van der Waals surface area contributed by atoms with E-state index in [0.717, 1.165) is 12.0 Å². The summed E-state index contributed by atoms with van der Waals surface area (Å²) in [7, 11) is -2.13. The molecular formula is C12H20N2O3S. The lowest BCUT2D eigenvalue weighted by Crippen LogP contribution is -2.32. The Bertz CT molecular complexity index is 500. The molecule has 1 atom stereocenters. The van der Waals surface area contributed by atoms with Gasteiger partial charge in [0.25, 0.3) is 0 Å². The average Bonchev–Trinajstić information content (AvgIpc) is 2.37. The summed E-state index contributed by atoms with van der Waals surface area (Å²) in [6, 6.07) is 4.79. The van der Waals surface area contributed by atoms with Crippen molar-refractivity contribution < 1.29 is 13.2 Å². The zero-order valence-corrected chi connectivity index (χ0v) is 11.8. The van der Waals surface area contributed by atoms with Crippen LogP contribution in [-0.2, 0) is 16.6 Å². The minimum absolute atomic E-state index is 0.124. The van der Waals surface area contributed by atoms with E-state index in [4.69, 9.17) is 10.5 Å². The lowest BCUT2D eigenvalue weighted by Gasteiger charge is -2.15. The van der Waals surface area contributed by atoms with Crippen molar-refractivity contribution >= 4 is 10.0 Å². The maximum Gasteiger partial charge on any atom is 0.244 e. The van der Waals surface area contributed by atoms with Crippen LogP contribution in [0.2, 0.25) is 0 Å². The van der Waals surface area contributed by atoms with E-state index in [2.05, 4.69) is 4.72 Å². The van der Waals surface area contributed by atoms with Gasteiger partial charge in [0.1, 0.15) is 10.6 Å². The Morgan fingerprint density at radius 3 is 2.61 bits per heavy atom. The molecule has 0 amide bonds. The lowest BCUT2D eigenvalue weighted by atomic mass is 10.2. The largest absolute Gasteiger partial charge is 0.495 e. The summed E-state index contributed by atoms with van der Waals surface area (Å²) < 4.78 is 32.1. The van der Waals surface area contributed by atoms with Gasteiger partial charge >= 0.3 is 0 Å². The predicted octanol–water partition coefficient (Wildman–Crippen LogP) is 1.23. The zero-order chi connectivity index (χ0) is 13.8.